The van der Waals surface area contributed by atoms with Crippen LogP contribution in [0.15, 0.2) is 44.5 Å². The van der Waals surface area contributed by atoms with Crippen molar-refractivity contribution in [3.8, 4) is 5.75 Å². The molecule has 3 aliphatic carbocycles. The van der Waals surface area contributed by atoms with Gasteiger partial charge in [0.15, 0.2) is 0 Å². The summed E-state index contributed by atoms with van der Waals surface area (Å²) >= 11 is 5.70. The van der Waals surface area contributed by atoms with Crippen molar-refractivity contribution in [2.75, 3.05) is 5.32 Å². The van der Waals surface area contributed by atoms with Gasteiger partial charge in [-0.1, -0.05) is 37.9 Å². The third kappa shape index (κ3) is 7.01. The number of rotatable bonds is 5. The molecular weight excluding hydrogens is 637 g/mol. The molecule has 4 aliphatic rings. The van der Waals surface area contributed by atoms with E-state index in [1.165, 1.54) is 36.5 Å². The Morgan fingerprint density at radius 2 is 1.98 bits per heavy atom. The molecule has 1 aliphatic heterocycles. The zero-order valence-electron chi connectivity index (χ0n) is 26.3. The molecule has 0 spiro atoms. The van der Waals surface area contributed by atoms with E-state index >= 15 is 0 Å². The number of anilines is 1. The number of sulfonamides is 2. The number of primary sulfonamides is 1. The molecule has 10 nitrogen and oxygen atoms in total. The zero-order chi connectivity index (χ0) is 31.2. The quantitative estimate of drug-likeness (QED) is 0.321. The molecular formula is C30H39ClN3NaO7S2. The minimum atomic E-state index is -4.09. The summed E-state index contributed by atoms with van der Waals surface area (Å²) in [5, 5.41) is 17.1. The van der Waals surface area contributed by atoms with Crippen LogP contribution in [0.2, 0.25) is 5.02 Å². The van der Waals surface area contributed by atoms with Crippen LogP contribution in [0.4, 0.5) is 5.69 Å². The molecule has 2 fully saturated rings. The number of aromatic hydroxyl groups is 1. The first-order valence-corrected chi connectivity index (χ1v) is 18.0. The zero-order valence-corrected chi connectivity index (χ0v) is 29.6. The van der Waals surface area contributed by atoms with Crippen LogP contribution in [-0.4, -0.2) is 40.4 Å². The van der Waals surface area contributed by atoms with Crippen LogP contribution in [-0.2, 0) is 36.0 Å². The van der Waals surface area contributed by atoms with Crippen molar-refractivity contribution in [1.29, 1.82) is 0 Å². The van der Waals surface area contributed by atoms with Gasteiger partial charge < -0.3 is 16.6 Å². The maximum atomic E-state index is 12.2. The topological polar surface area (TPSA) is 165 Å². The fourth-order valence-electron chi connectivity index (χ4n) is 7.55. The van der Waals surface area contributed by atoms with Gasteiger partial charge in [-0.15, -0.1) is 4.40 Å². The van der Waals surface area contributed by atoms with Crippen molar-refractivity contribution < 1.29 is 62.5 Å². The Bertz CT molecular complexity index is 1680. The summed E-state index contributed by atoms with van der Waals surface area (Å²) < 4.78 is 54.7. The monoisotopic (exact) mass is 675 g/mol. The molecule has 6 rings (SSSR count). The average Bonchev–Trinajstić information content (AvgIpc) is 3.26. The van der Waals surface area contributed by atoms with Crippen LogP contribution in [0.25, 0.3) is 0 Å². The number of nitrogens with zero attached hydrogens (tertiary/aromatic N) is 1. The van der Waals surface area contributed by atoms with E-state index in [9.17, 15) is 26.7 Å². The number of hydrogen-bond donors (Lipinski definition) is 3. The fraction of sp³-hybridized carbons (Fsp3) is 0.533. The largest absolute Gasteiger partial charge is 1.00 e. The number of phenolic OH excluding ortho intramolecular Hbond substituents is 1. The number of hydrogen-bond acceptors (Lipinski definition) is 8. The summed E-state index contributed by atoms with van der Waals surface area (Å²) in [6.07, 6.45) is 10.4. The van der Waals surface area contributed by atoms with Gasteiger partial charge in [-0.25, -0.2) is 13.6 Å². The standard InChI is InChI=1S/C23H32O3.C7H6ClN3O4S2.Na.H/c1-3-4-5-22(25)26-21-11-10-20-19-8-6-15-14-16(24)7-9-17(15)18(19)12-13-23(20,21)2;8-4-1-5-7(2-6(4)16(9,12)13)17(14,15)11-3-10-5;;/h7,9,14,18-21,24H,3-6,8,10-13H2,1-2H3;1-3H,(H,10,11)(H2,9,12,13);;/q;;+1;-1/t18-,19-,20+,21+,23+;;;/m1.../s1. The molecule has 1 heterocycles. The van der Waals surface area contributed by atoms with Gasteiger partial charge in [0, 0.05) is 11.8 Å². The van der Waals surface area contributed by atoms with E-state index in [-0.39, 0.29) is 64.1 Å². The van der Waals surface area contributed by atoms with Crippen molar-refractivity contribution in [2.45, 2.75) is 93.4 Å². The van der Waals surface area contributed by atoms with Gasteiger partial charge in [0.2, 0.25) is 10.0 Å². The van der Waals surface area contributed by atoms with E-state index in [4.69, 9.17) is 21.5 Å². The van der Waals surface area contributed by atoms with E-state index < -0.39 is 24.9 Å². The van der Waals surface area contributed by atoms with Crippen LogP contribution >= 0.6 is 11.6 Å². The molecule has 0 radical (unpaired) electrons. The smallest absolute Gasteiger partial charge is 1.00 e. The molecule has 2 saturated carbocycles. The molecule has 5 atom stereocenters. The van der Waals surface area contributed by atoms with Crippen molar-refractivity contribution in [3.05, 3.63) is 46.5 Å². The molecule has 0 bridgehead atoms. The van der Waals surface area contributed by atoms with Crippen molar-refractivity contribution in [3.63, 3.8) is 0 Å². The number of carbonyl (C=O) groups excluding carboxylic acids is 1. The van der Waals surface area contributed by atoms with Gasteiger partial charge in [-0.05, 0) is 98.1 Å². The van der Waals surface area contributed by atoms with Gasteiger partial charge >= 0.3 is 35.5 Å². The number of nitrogens with two attached hydrogens (primary N) is 1. The van der Waals surface area contributed by atoms with Gasteiger partial charge in [0.05, 0.1) is 10.7 Å². The molecule has 0 unspecified atom stereocenters. The third-order valence-electron chi connectivity index (χ3n) is 9.66. The first kappa shape index (κ1) is 35.2. The molecule has 44 heavy (non-hydrogen) atoms. The summed E-state index contributed by atoms with van der Waals surface area (Å²) in [6.45, 7) is 4.49. The number of halogens is 1. The number of esters is 1. The Morgan fingerprint density at radius 1 is 1.23 bits per heavy atom. The Hall–Kier alpha value is -1.67. The number of benzene rings is 2. The number of nitrogens with one attached hydrogen (secondary N) is 1. The first-order valence-electron chi connectivity index (χ1n) is 14.7. The summed E-state index contributed by atoms with van der Waals surface area (Å²) in [4.78, 5) is 11.5. The number of fused-ring (bicyclic) bond motifs is 6. The van der Waals surface area contributed by atoms with Crippen LogP contribution in [0.5, 0.6) is 5.75 Å². The van der Waals surface area contributed by atoms with Crippen LogP contribution in [0.1, 0.15) is 83.7 Å². The number of ether oxygens (including phenoxy) is 1. The predicted molar refractivity (Wildman–Crippen MR) is 165 cm³/mol. The normalized spacial score (nSPS) is 27.5. The molecule has 2 aromatic carbocycles. The Morgan fingerprint density at radius 3 is 2.68 bits per heavy atom. The van der Waals surface area contributed by atoms with Crippen molar-refractivity contribution in [2.24, 2.45) is 26.8 Å². The Balaban J connectivity index is 0.000000255. The number of aryl methyl sites for hydroxylation is 1. The summed E-state index contributed by atoms with van der Waals surface area (Å²) in [5.74, 6) is 2.37. The van der Waals surface area contributed by atoms with Gasteiger partial charge in [0.25, 0.3) is 10.0 Å². The maximum Gasteiger partial charge on any atom is 1.00 e. The second-order valence-electron chi connectivity index (χ2n) is 12.2. The first-order chi connectivity index (χ1) is 20.2. The third-order valence-corrected chi connectivity index (χ3v) is 12.3. The minimum absolute atomic E-state index is 0. The fourth-order valence-corrected chi connectivity index (χ4v) is 9.70. The summed E-state index contributed by atoms with van der Waals surface area (Å²) in [6, 6.07) is 8.01. The summed E-state index contributed by atoms with van der Waals surface area (Å²) in [5.41, 5.74) is 3.11. The van der Waals surface area contributed by atoms with Crippen LogP contribution < -0.4 is 40.0 Å². The van der Waals surface area contributed by atoms with Crippen LogP contribution in [0, 0.1) is 17.3 Å². The number of unbranched alkanes of at least 4 members (excludes halogenated alkanes) is 1. The molecule has 2 aromatic rings. The minimum Gasteiger partial charge on any atom is -1.00 e. The van der Waals surface area contributed by atoms with Gasteiger partial charge in [-0.3, -0.25) is 4.79 Å². The number of carbonyl (C=O) groups is 1. The van der Waals surface area contributed by atoms with Gasteiger partial charge in [-0.2, -0.15) is 8.42 Å². The average molecular weight is 676 g/mol. The molecule has 4 N–H and O–H groups in total. The van der Waals surface area contributed by atoms with E-state index in [0.29, 0.717) is 29.9 Å². The second kappa shape index (κ2) is 13.6. The molecule has 0 amide bonds. The van der Waals surface area contributed by atoms with Crippen LogP contribution in [0.3, 0.4) is 0 Å². The van der Waals surface area contributed by atoms with E-state index in [1.807, 2.05) is 12.1 Å². The van der Waals surface area contributed by atoms with Crippen molar-refractivity contribution in [1.82, 2.24) is 0 Å². The second-order valence-corrected chi connectivity index (χ2v) is 15.7. The molecule has 236 valence electrons. The van der Waals surface area contributed by atoms with E-state index in [2.05, 4.69) is 29.6 Å². The Labute approximate surface area is 288 Å². The summed E-state index contributed by atoms with van der Waals surface area (Å²) in [7, 11) is -8.01. The molecule has 0 aromatic heterocycles. The van der Waals surface area contributed by atoms with E-state index in [0.717, 1.165) is 44.5 Å². The SMILES string of the molecule is CCCCC(=O)O[C@H]1CC[C@H]2[C@@H]3CCc4cc(O)ccc4[C@H]3CC[C@]12C.NS(=O)(=O)c1cc2c(cc1Cl)NC=NS2(=O)=O.[H-].[Na+]. The van der Waals surface area contributed by atoms with Gasteiger partial charge in [0.1, 0.15) is 28.0 Å². The Kier molecular flexibility index (Phi) is 10.9. The molecule has 14 heteroatoms. The molecule has 0 saturated heterocycles. The predicted octanol–water partition coefficient (Wildman–Crippen LogP) is 2.60. The maximum absolute atomic E-state index is 12.2. The van der Waals surface area contributed by atoms with Crippen molar-refractivity contribution >= 4 is 49.6 Å². The number of phenols is 1. The van der Waals surface area contributed by atoms with E-state index in [1.54, 1.807) is 0 Å².